The van der Waals surface area contributed by atoms with E-state index < -0.39 is 11.6 Å². The van der Waals surface area contributed by atoms with Crippen LogP contribution in [0.5, 0.6) is 40.4 Å². The minimum Gasteiger partial charge on any atom is -1.00 e. The van der Waals surface area contributed by atoms with Crippen molar-refractivity contribution < 1.29 is 68.6 Å². The van der Waals surface area contributed by atoms with Gasteiger partial charge in [-0.15, -0.1) is 0 Å². The van der Waals surface area contributed by atoms with Gasteiger partial charge in [0.05, 0.1) is 43.9 Å². The number of rotatable bonds is 10. The molecule has 0 amide bonds. The Kier molecular flexibility index (Phi) is 16.1. The number of methoxy groups -OCH3 is 2. The zero-order valence-electron chi connectivity index (χ0n) is 38.9. The maximum absolute atomic E-state index is 14.2. The summed E-state index contributed by atoms with van der Waals surface area (Å²) in [4.78, 5) is 21.7. The van der Waals surface area contributed by atoms with Crippen LogP contribution < -0.4 is 64.7 Å². The molecule has 4 heterocycles. The third kappa shape index (κ3) is 11.6. The molecule has 2 saturated carbocycles. The van der Waals surface area contributed by atoms with E-state index in [1.54, 1.807) is 26.4 Å². The largest absolute Gasteiger partial charge is 1.00 e. The van der Waals surface area contributed by atoms with Crippen molar-refractivity contribution in [1.29, 1.82) is 0 Å². The number of fused-ring (bicyclic) bond motifs is 4. The summed E-state index contributed by atoms with van der Waals surface area (Å²) >= 11 is 6.13. The summed E-state index contributed by atoms with van der Waals surface area (Å²) in [6, 6.07) is 15.3. The number of phenols is 1. The molecule has 66 heavy (non-hydrogen) atoms. The maximum Gasteiger partial charge on any atom is 1.00 e. The zero-order chi connectivity index (χ0) is 45.8. The number of aromatic hydroxyl groups is 1. The van der Waals surface area contributed by atoms with Crippen LogP contribution in [0.2, 0.25) is 5.15 Å². The fraction of sp³-hybridized carbons (Fsp3) is 0.417. The molecule has 4 fully saturated rings. The number of nitrogens with zero attached hydrogens (tertiary/aromatic N) is 6. The number of phenolic OH excluding ortho intramolecular Hbond substituents is 1. The van der Waals surface area contributed by atoms with Gasteiger partial charge in [0.1, 0.15) is 17.8 Å². The molecule has 2 saturated heterocycles. The molecular weight excluding hydrogens is 881 g/mol. The Labute approximate surface area is 411 Å². The Morgan fingerprint density at radius 1 is 0.636 bits per heavy atom. The van der Waals surface area contributed by atoms with E-state index in [1.165, 1.54) is 88.8 Å². The van der Waals surface area contributed by atoms with Crippen LogP contribution in [0.25, 0.3) is 21.8 Å². The Morgan fingerprint density at radius 2 is 1.11 bits per heavy atom. The average Bonchev–Trinajstić information content (AvgIpc) is 4.04. The molecule has 4 unspecified atom stereocenters. The number of halogens is 3. The SMILES string of the molecule is COc1cc2c(Cl)ncnc2cc1OCC1CC2CN(C)CC2C1.COc1cc2c(Oc3ccc(N)cc3F)ncnc2cc1OCC1CC2CN(C)CC2C1.Nc1ccc(O)c(F)c1.[H-].[Na+]. The van der Waals surface area contributed by atoms with Crippen molar-refractivity contribution in [2.24, 2.45) is 35.5 Å². The summed E-state index contributed by atoms with van der Waals surface area (Å²) in [5, 5.41) is 10.4. The number of hydrogen-bond donors (Lipinski definition) is 3. The van der Waals surface area contributed by atoms with Gasteiger partial charge in [0, 0.05) is 67.2 Å². The van der Waals surface area contributed by atoms with Crippen molar-refractivity contribution in [2.75, 3.05) is 79.2 Å². The number of likely N-dealkylation sites (tertiary alicyclic amines) is 2. The number of ether oxygens (including phenoxy) is 5. The van der Waals surface area contributed by atoms with Crippen molar-refractivity contribution in [3.63, 3.8) is 0 Å². The fourth-order valence-corrected chi connectivity index (χ4v) is 10.1. The van der Waals surface area contributed by atoms with Crippen LogP contribution in [-0.4, -0.2) is 103 Å². The summed E-state index contributed by atoms with van der Waals surface area (Å²) in [6.45, 7) is 6.23. The van der Waals surface area contributed by atoms with Gasteiger partial charge in [0.2, 0.25) is 5.88 Å². The van der Waals surface area contributed by atoms with Crippen molar-refractivity contribution in [1.82, 2.24) is 29.7 Å². The van der Waals surface area contributed by atoms with E-state index >= 15 is 0 Å². The Morgan fingerprint density at radius 3 is 1.59 bits per heavy atom. The van der Waals surface area contributed by atoms with Gasteiger partial charge >= 0.3 is 29.6 Å². The number of anilines is 2. The third-order valence-electron chi connectivity index (χ3n) is 12.9. The first-order chi connectivity index (χ1) is 31.3. The second kappa shape index (κ2) is 21.8. The Bertz CT molecular complexity index is 2620. The molecule has 2 aliphatic carbocycles. The molecule has 10 rings (SSSR count). The Balaban J connectivity index is 0.000000186. The molecule has 4 aliphatic rings. The van der Waals surface area contributed by atoms with Gasteiger partial charge in [-0.05, 0) is 112 Å². The smallest absolute Gasteiger partial charge is 1.00 e. The van der Waals surface area contributed by atoms with Crippen LogP contribution in [0.1, 0.15) is 27.1 Å². The summed E-state index contributed by atoms with van der Waals surface area (Å²) in [7, 11) is 7.65. The molecular formula is C48H56ClF2N8NaO6. The van der Waals surface area contributed by atoms with Gasteiger partial charge in [-0.3, -0.25) is 0 Å². The van der Waals surface area contributed by atoms with Crippen molar-refractivity contribution >= 4 is 44.8 Å². The third-order valence-corrected chi connectivity index (χ3v) is 13.2. The zero-order valence-corrected chi connectivity index (χ0v) is 40.7. The van der Waals surface area contributed by atoms with E-state index in [1.807, 2.05) is 18.2 Å². The van der Waals surface area contributed by atoms with Crippen molar-refractivity contribution in [3.05, 3.63) is 90.1 Å². The summed E-state index contributed by atoms with van der Waals surface area (Å²) in [5.74, 6) is 5.70. The summed E-state index contributed by atoms with van der Waals surface area (Å²) < 4.78 is 55.5. The summed E-state index contributed by atoms with van der Waals surface area (Å²) in [5.41, 5.74) is 12.8. The predicted molar refractivity (Wildman–Crippen MR) is 247 cm³/mol. The quantitative estimate of drug-likeness (QED) is 0.0669. The van der Waals surface area contributed by atoms with E-state index in [-0.39, 0.29) is 48.4 Å². The number of aromatic nitrogens is 4. The number of nitrogen functional groups attached to an aromatic ring is 2. The second-order valence-electron chi connectivity index (χ2n) is 17.7. The molecule has 6 aromatic rings. The van der Waals surface area contributed by atoms with E-state index in [0.29, 0.717) is 63.1 Å². The minimum absolute atomic E-state index is 0. The van der Waals surface area contributed by atoms with Gasteiger partial charge in [-0.1, -0.05) is 11.6 Å². The first kappa shape index (κ1) is 48.9. The number of benzene rings is 4. The standard InChI is InChI=1S/C24H27FN4O3.C18H22ClN3O2.C6H6FNO.Na.H/c1-29-10-15-5-14(6-16(15)11-29)12-31-23-9-20-18(8-22(23)30-2)24(28-13-27-20)32-21-4-3-17(26)7-19(21)25;1-22-7-12-3-11(4-13(12)8-22)9-24-17-6-15-14(5-16(17)23-2)18(19)21-10-20-15;7-5-3-4(8)1-2-6(5)9;;/h3-4,7-9,13-16H,5-6,10-12,26H2,1-2H3;5-6,10-13H,3-4,7-9H2,1-2H3;1-3,9H,8H2;;/q;;;+1;-1. The van der Waals surface area contributed by atoms with Crippen LogP contribution in [0.15, 0.2) is 73.3 Å². The Hall–Kier alpha value is -4.97. The molecule has 2 aliphatic heterocycles. The summed E-state index contributed by atoms with van der Waals surface area (Å²) in [6.07, 6.45) is 7.79. The molecule has 14 nitrogen and oxygen atoms in total. The predicted octanol–water partition coefficient (Wildman–Crippen LogP) is 5.61. The normalized spacial score (nSPS) is 22.0. The number of nitrogens with two attached hydrogens (primary N) is 2. The van der Waals surface area contributed by atoms with Crippen molar-refractivity contribution in [2.45, 2.75) is 25.7 Å². The van der Waals surface area contributed by atoms with Gasteiger partial charge < -0.3 is 51.5 Å². The molecule has 2 aromatic heterocycles. The molecule has 0 spiro atoms. The van der Waals surface area contributed by atoms with Crippen LogP contribution in [0, 0.1) is 47.1 Å². The molecule has 4 aromatic carbocycles. The van der Waals surface area contributed by atoms with Gasteiger partial charge in [-0.2, -0.15) is 0 Å². The minimum atomic E-state index is -0.685. The monoisotopic (exact) mass is 936 g/mol. The second-order valence-corrected chi connectivity index (χ2v) is 18.0. The van der Waals surface area contributed by atoms with Crippen LogP contribution in [0.3, 0.4) is 0 Å². The van der Waals surface area contributed by atoms with Crippen LogP contribution >= 0.6 is 11.6 Å². The molecule has 4 atom stereocenters. The first-order valence-electron chi connectivity index (χ1n) is 21.7. The van der Waals surface area contributed by atoms with Crippen LogP contribution in [-0.2, 0) is 0 Å². The average molecular weight is 937 g/mol. The molecule has 5 N–H and O–H groups in total. The van der Waals surface area contributed by atoms with E-state index in [4.69, 9.17) is 51.9 Å². The van der Waals surface area contributed by atoms with Gasteiger partial charge in [0.15, 0.2) is 46.1 Å². The van der Waals surface area contributed by atoms with Crippen molar-refractivity contribution in [3.8, 4) is 40.4 Å². The molecule has 18 heteroatoms. The van der Waals surface area contributed by atoms with Gasteiger partial charge in [0.25, 0.3) is 0 Å². The first-order valence-corrected chi connectivity index (χ1v) is 22.1. The van der Waals surface area contributed by atoms with E-state index in [0.717, 1.165) is 53.0 Å². The van der Waals surface area contributed by atoms with Gasteiger partial charge in [-0.25, -0.2) is 28.7 Å². The van der Waals surface area contributed by atoms with E-state index in [9.17, 15) is 8.78 Å². The topological polar surface area (TPSA) is 176 Å². The maximum atomic E-state index is 14.2. The molecule has 346 valence electrons. The van der Waals surface area contributed by atoms with E-state index in [2.05, 4.69) is 43.8 Å². The molecule has 0 bridgehead atoms. The number of hydrogen-bond acceptors (Lipinski definition) is 14. The molecule has 0 radical (unpaired) electrons. The van der Waals surface area contributed by atoms with Crippen LogP contribution in [0.4, 0.5) is 20.2 Å². The fourth-order valence-electron chi connectivity index (χ4n) is 9.93.